The van der Waals surface area contributed by atoms with Gasteiger partial charge in [-0.3, -0.25) is 9.97 Å². The molecule has 0 spiro atoms. The molecule has 0 saturated carbocycles. The van der Waals surface area contributed by atoms with E-state index < -0.39 is 0 Å². The van der Waals surface area contributed by atoms with Crippen molar-refractivity contribution in [2.75, 3.05) is 5.32 Å². The van der Waals surface area contributed by atoms with Gasteiger partial charge < -0.3 is 10.4 Å². The Morgan fingerprint density at radius 1 is 1.24 bits per heavy atom. The average molecular weight is 229 g/mol. The largest absolute Gasteiger partial charge is 0.508 e. The predicted octanol–water partition coefficient (Wildman–Crippen LogP) is 2.66. The Kier molecular flexibility index (Phi) is 3.23. The second-order valence-corrected chi connectivity index (χ2v) is 3.94. The lowest BCUT2D eigenvalue weighted by atomic mass is 10.1. The number of aromatic hydroxyl groups is 1. The monoisotopic (exact) mass is 229 g/mol. The molecule has 88 valence electrons. The molecule has 0 saturated heterocycles. The Hall–Kier alpha value is -2.10. The van der Waals surface area contributed by atoms with Gasteiger partial charge in [-0.2, -0.15) is 0 Å². The first-order chi connectivity index (χ1) is 8.16. The molecule has 1 aromatic heterocycles. The normalized spacial score (nSPS) is 12.1. The van der Waals surface area contributed by atoms with Crippen LogP contribution >= 0.6 is 0 Å². The van der Waals surface area contributed by atoms with Gasteiger partial charge >= 0.3 is 0 Å². The van der Waals surface area contributed by atoms with Crippen molar-refractivity contribution in [1.29, 1.82) is 0 Å². The average Bonchev–Trinajstić information content (AvgIpc) is 2.29. The molecule has 1 atom stereocenters. The molecule has 0 radical (unpaired) electrons. The number of hydrogen-bond donors (Lipinski definition) is 2. The lowest BCUT2D eigenvalue weighted by molar-refractivity contribution is 0.475. The molecule has 2 rings (SSSR count). The maximum Gasteiger partial charge on any atom is 0.117 e. The van der Waals surface area contributed by atoms with Gasteiger partial charge in [0, 0.05) is 24.1 Å². The van der Waals surface area contributed by atoms with E-state index in [-0.39, 0.29) is 11.8 Å². The first-order valence-corrected chi connectivity index (χ1v) is 5.50. The zero-order chi connectivity index (χ0) is 12.3. The van der Waals surface area contributed by atoms with E-state index in [1.807, 2.05) is 19.9 Å². The third-order valence-electron chi connectivity index (χ3n) is 2.56. The molecule has 4 nitrogen and oxygen atoms in total. The standard InChI is InChI=1S/C13H15N3O/c1-9-13(15-7-6-14-9)10(2)16-11-4-3-5-12(17)8-11/h3-8,10,16-17H,1-2H3. The van der Waals surface area contributed by atoms with Crippen LogP contribution in [0.25, 0.3) is 0 Å². The smallest absolute Gasteiger partial charge is 0.117 e. The summed E-state index contributed by atoms with van der Waals surface area (Å²) in [6, 6.07) is 7.08. The van der Waals surface area contributed by atoms with Crippen LogP contribution < -0.4 is 5.32 Å². The van der Waals surface area contributed by atoms with E-state index in [0.29, 0.717) is 0 Å². The summed E-state index contributed by atoms with van der Waals surface area (Å²) in [7, 11) is 0. The van der Waals surface area contributed by atoms with Crippen molar-refractivity contribution in [3.63, 3.8) is 0 Å². The van der Waals surface area contributed by atoms with Crippen molar-refractivity contribution < 1.29 is 5.11 Å². The van der Waals surface area contributed by atoms with Crippen molar-refractivity contribution in [3.05, 3.63) is 48.0 Å². The molecule has 2 N–H and O–H groups in total. The Bertz CT molecular complexity index is 514. The van der Waals surface area contributed by atoms with Crippen molar-refractivity contribution in [2.24, 2.45) is 0 Å². The van der Waals surface area contributed by atoms with Gasteiger partial charge in [-0.15, -0.1) is 0 Å². The zero-order valence-electron chi connectivity index (χ0n) is 9.88. The molecule has 0 bridgehead atoms. The van der Waals surface area contributed by atoms with Crippen LogP contribution in [-0.2, 0) is 0 Å². The van der Waals surface area contributed by atoms with E-state index in [2.05, 4.69) is 15.3 Å². The Morgan fingerprint density at radius 2 is 2.00 bits per heavy atom. The summed E-state index contributed by atoms with van der Waals surface area (Å²) in [5.41, 5.74) is 2.69. The summed E-state index contributed by atoms with van der Waals surface area (Å²) in [6.07, 6.45) is 3.36. The van der Waals surface area contributed by atoms with Crippen LogP contribution in [-0.4, -0.2) is 15.1 Å². The molecule has 2 aromatic rings. The number of anilines is 1. The predicted molar refractivity (Wildman–Crippen MR) is 66.9 cm³/mol. The topological polar surface area (TPSA) is 58.0 Å². The zero-order valence-corrected chi connectivity index (χ0v) is 9.88. The summed E-state index contributed by atoms with van der Waals surface area (Å²) in [5, 5.41) is 12.7. The number of aryl methyl sites for hydroxylation is 1. The summed E-state index contributed by atoms with van der Waals surface area (Å²) >= 11 is 0. The maximum atomic E-state index is 9.38. The number of hydrogen-bond acceptors (Lipinski definition) is 4. The minimum atomic E-state index is 0.0468. The molecule has 0 fully saturated rings. The van der Waals surface area contributed by atoms with E-state index in [0.717, 1.165) is 17.1 Å². The minimum absolute atomic E-state index is 0.0468. The summed E-state index contributed by atoms with van der Waals surface area (Å²) < 4.78 is 0. The molecule has 0 amide bonds. The molecule has 0 aliphatic heterocycles. The van der Waals surface area contributed by atoms with Crippen molar-refractivity contribution in [2.45, 2.75) is 19.9 Å². The highest BCUT2D eigenvalue weighted by atomic mass is 16.3. The molecule has 4 heteroatoms. The van der Waals surface area contributed by atoms with E-state index in [4.69, 9.17) is 0 Å². The van der Waals surface area contributed by atoms with Gasteiger partial charge in [0.15, 0.2) is 0 Å². The van der Waals surface area contributed by atoms with Crippen molar-refractivity contribution in [1.82, 2.24) is 9.97 Å². The van der Waals surface area contributed by atoms with Gasteiger partial charge in [0.25, 0.3) is 0 Å². The third kappa shape index (κ3) is 2.72. The van der Waals surface area contributed by atoms with E-state index in [1.54, 1.807) is 30.6 Å². The minimum Gasteiger partial charge on any atom is -0.508 e. The van der Waals surface area contributed by atoms with Gasteiger partial charge in [0.1, 0.15) is 5.75 Å². The number of phenolic OH excluding ortho intramolecular Hbond substituents is 1. The number of rotatable bonds is 3. The maximum absolute atomic E-state index is 9.38. The number of nitrogens with zero attached hydrogens (tertiary/aromatic N) is 2. The van der Waals surface area contributed by atoms with Gasteiger partial charge in [-0.25, -0.2) is 0 Å². The second-order valence-electron chi connectivity index (χ2n) is 3.94. The highest BCUT2D eigenvalue weighted by Crippen LogP contribution is 2.21. The van der Waals surface area contributed by atoms with Crippen LogP contribution in [0.5, 0.6) is 5.75 Å². The van der Waals surface area contributed by atoms with E-state index in [1.165, 1.54) is 0 Å². The quantitative estimate of drug-likeness (QED) is 0.849. The SMILES string of the molecule is Cc1nccnc1C(C)Nc1cccc(O)c1. The number of phenols is 1. The molecular weight excluding hydrogens is 214 g/mol. The van der Waals surface area contributed by atoms with Gasteiger partial charge in [-0.1, -0.05) is 6.07 Å². The van der Waals surface area contributed by atoms with Crippen LogP contribution in [0.15, 0.2) is 36.7 Å². The molecule has 0 aliphatic rings. The first-order valence-electron chi connectivity index (χ1n) is 5.50. The highest BCUT2D eigenvalue weighted by molar-refractivity contribution is 5.49. The van der Waals surface area contributed by atoms with Crippen molar-refractivity contribution in [3.8, 4) is 5.75 Å². The van der Waals surface area contributed by atoms with Crippen LogP contribution in [0.4, 0.5) is 5.69 Å². The molecule has 1 aromatic carbocycles. The summed E-state index contributed by atoms with van der Waals surface area (Å²) in [4.78, 5) is 8.52. The molecule has 0 aliphatic carbocycles. The Labute approximate surface area is 100 Å². The van der Waals surface area contributed by atoms with Crippen molar-refractivity contribution >= 4 is 5.69 Å². The van der Waals surface area contributed by atoms with Gasteiger partial charge in [-0.05, 0) is 26.0 Å². The van der Waals surface area contributed by atoms with Crippen LogP contribution in [0, 0.1) is 6.92 Å². The molecular formula is C13H15N3O. The number of benzene rings is 1. The lowest BCUT2D eigenvalue weighted by Gasteiger charge is -2.16. The van der Waals surface area contributed by atoms with Crippen LogP contribution in [0.2, 0.25) is 0 Å². The fourth-order valence-corrected chi connectivity index (χ4v) is 1.76. The summed E-state index contributed by atoms with van der Waals surface area (Å²) in [5.74, 6) is 0.248. The van der Waals surface area contributed by atoms with Crippen LogP contribution in [0.1, 0.15) is 24.4 Å². The highest BCUT2D eigenvalue weighted by Gasteiger charge is 2.10. The number of aromatic nitrogens is 2. The number of nitrogens with one attached hydrogen (secondary N) is 1. The van der Waals surface area contributed by atoms with Crippen LogP contribution in [0.3, 0.4) is 0 Å². The summed E-state index contributed by atoms with van der Waals surface area (Å²) in [6.45, 7) is 3.95. The fraction of sp³-hybridized carbons (Fsp3) is 0.231. The van der Waals surface area contributed by atoms with Gasteiger partial charge in [0.05, 0.1) is 17.4 Å². The fourth-order valence-electron chi connectivity index (χ4n) is 1.76. The molecule has 1 unspecified atom stereocenters. The van der Waals surface area contributed by atoms with E-state index >= 15 is 0 Å². The second kappa shape index (κ2) is 4.82. The lowest BCUT2D eigenvalue weighted by Crippen LogP contribution is -2.10. The third-order valence-corrected chi connectivity index (χ3v) is 2.56. The van der Waals surface area contributed by atoms with E-state index in [9.17, 15) is 5.11 Å². The first kappa shape index (κ1) is 11.4. The Morgan fingerprint density at radius 3 is 2.71 bits per heavy atom. The van der Waals surface area contributed by atoms with Gasteiger partial charge in [0.2, 0.25) is 0 Å². The Balaban J connectivity index is 2.17. The molecule has 1 heterocycles. The molecule has 17 heavy (non-hydrogen) atoms.